The first kappa shape index (κ1) is 54.0. The van der Waals surface area contributed by atoms with Gasteiger partial charge < -0.3 is 29.5 Å². The number of methoxy groups -OCH3 is 2. The molecule has 3 aromatic heterocycles. The number of nitrogens with zero attached hydrogens (tertiary/aromatic N) is 7. The third-order valence-corrected chi connectivity index (χ3v) is 18.7. The Morgan fingerprint density at radius 1 is 0.937 bits per heavy atom. The number of nitroso groups, excluding NO2 is 1. The lowest BCUT2D eigenvalue weighted by Crippen LogP contribution is -2.60. The van der Waals surface area contributed by atoms with Crippen molar-refractivity contribution < 1.29 is 36.9 Å². The third kappa shape index (κ3) is 11.1. The van der Waals surface area contributed by atoms with Gasteiger partial charge in [0.25, 0.3) is 21.8 Å². The molecule has 416 valence electrons. The lowest BCUT2D eigenvalue weighted by atomic mass is 9.59. The zero-order chi connectivity index (χ0) is 55.2. The van der Waals surface area contributed by atoms with Gasteiger partial charge in [0.15, 0.2) is 16.4 Å². The van der Waals surface area contributed by atoms with Crippen molar-refractivity contribution in [1.29, 1.82) is 0 Å². The molecule has 3 N–H and O–H groups in total. The lowest BCUT2D eigenvalue weighted by molar-refractivity contribution is -0.0628. The van der Waals surface area contributed by atoms with Crippen LogP contribution in [-0.4, -0.2) is 109 Å². The van der Waals surface area contributed by atoms with E-state index in [0.29, 0.717) is 37.0 Å². The zero-order valence-corrected chi connectivity index (χ0v) is 46.4. The minimum atomic E-state index is -4.72. The number of anilines is 2. The summed E-state index contributed by atoms with van der Waals surface area (Å²) in [6, 6.07) is 25.7. The first-order valence-corrected chi connectivity index (χ1v) is 29.1. The number of hydrogen-bond acceptors (Lipinski definition) is 15. The summed E-state index contributed by atoms with van der Waals surface area (Å²) in [6.07, 6.45) is 11.5. The number of aliphatic hydroxyl groups is 1. The summed E-state index contributed by atoms with van der Waals surface area (Å²) in [5.74, 6) is 0.0938. The average molecular weight is 1100 g/mol. The number of sulfonamides is 1. The Morgan fingerprint density at radius 2 is 1.70 bits per heavy atom. The Bertz CT molecular complexity index is 3400. The number of carbonyl (C=O) groups is 1. The molecule has 1 amide bonds. The highest BCUT2D eigenvalue weighted by atomic mass is 32.2. The van der Waals surface area contributed by atoms with Gasteiger partial charge in [0.05, 0.1) is 31.1 Å². The van der Waals surface area contributed by atoms with Crippen molar-refractivity contribution in [2.75, 3.05) is 63.7 Å². The van der Waals surface area contributed by atoms with E-state index in [1.807, 2.05) is 19.1 Å². The van der Waals surface area contributed by atoms with Gasteiger partial charge in [-0.25, -0.2) is 19.1 Å². The van der Waals surface area contributed by atoms with E-state index in [-0.39, 0.29) is 69.3 Å². The molecule has 11 rings (SSSR count). The molecule has 1 atom stereocenters. The highest BCUT2D eigenvalue weighted by molar-refractivity contribution is 7.90. The number of imidazole rings is 1. The van der Waals surface area contributed by atoms with Crippen LogP contribution in [0, 0.1) is 16.2 Å². The monoisotopic (exact) mass is 1100 g/mol. The molecule has 0 radical (unpaired) electrons. The number of rotatable bonds is 17. The number of hydrogen-bond donors (Lipinski definition) is 3. The molecule has 5 aliphatic rings. The van der Waals surface area contributed by atoms with Crippen LogP contribution in [0.4, 0.5) is 21.5 Å². The van der Waals surface area contributed by atoms with Crippen LogP contribution in [0.25, 0.3) is 11.5 Å². The van der Waals surface area contributed by atoms with Crippen molar-refractivity contribution in [2.45, 2.75) is 114 Å². The fraction of sp³-hybridized carbons (Fsp3) is 0.450. The van der Waals surface area contributed by atoms with Gasteiger partial charge in [-0.3, -0.25) is 19.0 Å². The number of halogens is 1. The van der Waals surface area contributed by atoms with Crippen molar-refractivity contribution in [3.8, 4) is 23.1 Å². The van der Waals surface area contributed by atoms with Crippen LogP contribution in [0.5, 0.6) is 23.1 Å². The van der Waals surface area contributed by atoms with E-state index in [4.69, 9.17) is 14.2 Å². The quantitative estimate of drug-likeness (QED) is 0.0731. The highest BCUT2D eigenvalue weighted by Crippen LogP contribution is 2.54. The summed E-state index contributed by atoms with van der Waals surface area (Å²) in [5.41, 5.74) is 5.10. The normalized spacial score (nSPS) is 21.6. The minimum absolute atomic E-state index is 0.00211. The predicted octanol–water partition coefficient (Wildman–Crippen LogP) is 10.7. The summed E-state index contributed by atoms with van der Waals surface area (Å²) < 4.78 is 64.8. The van der Waals surface area contributed by atoms with E-state index in [9.17, 15) is 23.2 Å². The fourth-order valence-corrected chi connectivity index (χ4v) is 14.0. The molecule has 2 saturated heterocycles. The van der Waals surface area contributed by atoms with Crippen molar-refractivity contribution in [3.63, 3.8) is 0 Å². The Kier molecular flexibility index (Phi) is 15.0. The number of benzene rings is 3. The molecule has 19 heteroatoms. The van der Waals surface area contributed by atoms with Crippen molar-refractivity contribution in [3.05, 3.63) is 136 Å². The van der Waals surface area contributed by atoms with E-state index in [0.717, 1.165) is 95.3 Å². The molecule has 5 heterocycles. The summed E-state index contributed by atoms with van der Waals surface area (Å²) in [5, 5.41) is 16.5. The second-order valence-electron chi connectivity index (χ2n) is 22.9. The Balaban J connectivity index is 0.819. The van der Waals surface area contributed by atoms with Crippen LogP contribution in [0.1, 0.15) is 122 Å². The van der Waals surface area contributed by atoms with Gasteiger partial charge >= 0.3 is 0 Å². The molecule has 2 saturated carbocycles. The first-order valence-electron chi connectivity index (χ1n) is 27.6. The van der Waals surface area contributed by atoms with E-state index in [1.54, 1.807) is 19.2 Å². The number of ether oxygens (including phenoxy) is 3. The van der Waals surface area contributed by atoms with E-state index in [2.05, 4.69) is 90.1 Å². The van der Waals surface area contributed by atoms with Gasteiger partial charge in [0, 0.05) is 100 Å². The molecular formula is C60H70FN9O8S. The van der Waals surface area contributed by atoms with Gasteiger partial charge in [0.2, 0.25) is 0 Å². The van der Waals surface area contributed by atoms with E-state index in [1.165, 1.54) is 58.8 Å². The molecule has 17 nitrogen and oxygen atoms in total. The smallest absolute Gasteiger partial charge is 0.280 e. The third-order valence-electron chi connectivity index (χ3n) is 17.4. The lowest BCUT2D eigenvalue weighted by Gasteiger charge is -2.58. The number of piperidine rings is 1. The molecular weight excluding hydrogens is 1030 g/mol. The van der Waals surface area contributed by atoms with Gasteiger partial charge in [-0.15, -0.1) is 4.91 Å². The van der Waals surface area contributed by atoms with Gasteiger partial charge in [-0.05, 0) is 134 Å². The average Bonchev–Trinajstić information content (AvgIpc) is 4.11. The van der Waals surface area contributed by atoms with Gasteiger partial charge in [0.1, 0.15) is 28.7 Å². The topological polar surface area (TPSA) is 193 Å². The van der Waals surface area contributed by atoms with Crippen molar-refractivity contribution in [1.82, 2.24) is 28.9 Å². The Hall–Kier alpha value is -6.93. The second kappa shape index (κ2) is 22.0. The highest BCUT2D eigenvalue weighted by Gasteiger charge is 2.50. The largest absolute Gasteiger partial charge is 0.497 e. The maximum atomic E-state index is 15.1. The number of aromatic nitrogens is 3. The van der Waals surface area contributed by atoms with Crippen LogP contribution in [-0.2, 0) is 23.0 Å². The maximum absolute atomic E-state index is 15.1. The number of amides is 1. The Morgan fingerprint density at radius 3 is 2.42 bits per heavy atom. The number of pyridine rings is 2. The summed E-state index contributed by atoms with van der Waals surface area (Å²) in [6.45, 7) is 12.1. The standard InChI is InChI=1S/C60H70FN9O8S/c1-38(2)44-8-6-7-9-45(44)51-37-67(36-40-10-13-43(76-4)14-11-40)28-29-69(51)42-33-60(34-42)22-25-68(26-23-60)41-12-15-46(52(30-41)78-53-31-47-48(61)16-17-49(47)64-58(53)77-5)57(71)66-79(74,75)54-32-50(65-73)55(56-62-24-27-70(54)56)63-35-39-18-20-59(3,72)21-19-39/h6-16,24,27,30-32,38-39,42,51,63,72H,17-23,25-26,28-29,33-37H2,1-5H3,(H,66,71)/t39?,51-,59?/m0/s1. The SMILES string of the molecule is COc1ccc(CN2CCN(C3CC4(CCN(c5ccc(C(=O)NS(=O)(=O)c6cc(N=O)c(NCC7CCC(C)(O)CC7)c7nccn67)c(Oc6cc7c(nc6OC)CC=C7F)c5)CC4)C3)[C@H](c3ccccc3C(C)C)C2)cc1. The number of piperazine rings is 1. The molecule has 2 aliphatic heterocycles. The molecule has 0 bridgehead atoms. The van der Waals surface area contributed by atoms with Crippen LogP contribution in [0.2, 0.25) is 0 Å². The molecule has 3 aliphatic carbocycles. The molecule has 4 fully saturated rings. The molecule has 1 spiro atoms. The van der Waals surface area contributed by atoms with Crippen LogP contribution >= 0.6 is 0 Å². The first-order chi connectivity index (χ1) is 38.0. The molecule has 79 heavy (non-hydrogen) atoms. The Labute approximate surface area is 461 Å². The van der Waals surface area contributed by atoms with Crippen molar-refractivity contribution >= 4 is 44.5 Å². The van der Waals surface area contributed by atoms with Crippen molar-refractivity contribution in [2.24, 2.45) is 16.5 Å². The number of allylic oxidation sites excluding steroid dienone is 1. The van der Waals surface area contributed by atoms with Crippen LogP contribution in [0.3, 0.4) is 0 Å². The predicted molar refractivity (Wildman–Crippen MR) is 302 cm³/mol. The molecule has 0 unspecified atom stereocenters. The summed E-state index contributed by atoms with van der Waals surface area (Å²) in [7, 11) is -1.60. The fourth-order valence-electron chi connectivity index (χ4n) is 12.8. The maximum Gasteiger partial charge on any atom is 0.280 e. The zero-order valence-electron chi connectivity index (χ0n) is 45.6. The molecule has 3 aromatic carbocycles. The number of nitrogens with one attached hydrogen (secondary N) is 2. The summed E-state index contributed by atoms with van der Waals surface area (Å²) in [4.78, 5) is 43.4. The van der Waals surface area contributed by atoms with Crippen LogP contribution in [0.15, 0.2) is 108 Å². The van der Waals surface area contributed by atoms with E-state index < -0.39 is 32.4 Å². The van der Waals surface area contributed by atoms with E-state index >= 15 is 4.39 Å². The number of carbonyl (C=O) groups excluding carboxylic acids is 1. The summed E-state index contributed by atoms with van der Waals surface area (Å²) >= 11 is 0. The van der Waals surface area contributed by atoms with Crippen LogP contribution < -0.4 is 29.1 Å². The minimum Gasteiger partial charge on any atom is -0.497 e. The van der Waals surface area contributed by atoms with Gasteiger partial charge in [-0.2, -0.15) is 8.42 Å². The second-order valence-corrected chi connectivity index (χ2v) is 24.5. The number of fused-ring (bicyclic) bond motifs is 2. The van der Waals surface area contributed by atoms with Gasteiger partial charge in [-0.1, -0.05) is 50.2 Å². The molecule has 6 aromatic rings.